The second kappa shape index (κ2) is 7.92. The first-order valence-corrected chi connectivity index (χ1v) is 8.53. The van der Waals surface area contributed by atoms with Crippen molar-refractivity contribution in [2.75, 3.05) is 42.9 Å². The van der Waals surface area contributed by atoms with Crippen LogP contribution in [0.5, 0.6) is 0 Å². The summed E-state index contributed by atoms with van der Waals surface area (Å²) in [4.78, 5) is 24.7. The molecule has 0 unspecified atom stereocenters. The standard InChI is InChI=1S/C18H22FN5O/c1-2-7-20-17-13-21-15(12-22-17)18(25)24-10-8-23(9-11-24)16-6-4-3-5-14(16)19/h3-6,12-13H,2,7-11H2,1H3,(H,20,22). The molecule has 1 amide bonds. The number of aromatic nitrogens is 2. The Hall–Kier alpha value is -2.70. The van der Waals surface area contributed by atoms with Crippen LogP contribution in [0.3, 0.4) is 0 Å². The quantitative estimate of drug-likeness (QED) is 0.903. The highest BCUT2D eigenvalue weighted by Gasteiger charge is 2.24. The number of nitrogens with zero attached hydrogens (tertiary/aromatic N) is 4. The van der Waals surface area contributed by atoms with Gasteiger partial charge >= 0.3 is 0 Å². The number of rotatable bonds is 5. The summed E-state index contributed by atoms with van der Waals surface area (Å²) in [6, 6.07) is 6.72. The fraction of sp³-hybridized carbons (Fsp3) is 0.389. The molecule has 25 heavy (non-hydrogen) atoms. The number of para-hydroxylation sites is 1. The van der Waals surface area contributed by atoms with Gasteiger partial charge in [-0.25, -0.2) is 14.4 Å². The highest BCUT2D eigenvalue weighted by Crippen LogP contribution is 2.20. The number of halogens is 1. The molecule has 1 aromatic carbocycles. The molecule has 0 aliphatic carbocycles. The molecule has 1 aliphatic heterocycles. The van der Waals surface area contributed by atoms with Crippen molar-refractivity contribution in [1.82, 2.24) is 14.9 Å². The lowest BCUT2D eigenvalue weighted by molar-refractivity contribution is 0.0740. The van der Waals surface area contributed by atoms with Crippen LogP contribution in [0.25, 0.3) is 0 Å². The number of anilines is 2. The third kappa shape index (κ3) is 4.04. The van der Waals surface area contributed by atoms with Crippen LogP contribution in [0.2, 0.25) is 0 Å². The van der Waals surface area contributed by atoms with E-state index in [2.05, 4.69) is 22.2 Å². The highest BCUT2D eigenvalue weighted by atomic mass is 19.1. The zero-order valence-electron chi connectivity index (χ0n) is 14.3. The van der Waals surface area contributed by atoms with E-state index in [9.17, 15) is 9.18 Å². The van der Waals surface area contributed by atoms with E-state index < -0.39 is 0 Å². The summed E-state index contributed by atoms with van der Waals surface area (Å²) < 4.78 is 13.9. The van der Waals surface area contributed by atoms with Crippen molar-refractivity contribution < 1.29 is 9.18 Å². The fourth-order valence-electron chi connectivity index (χ4n) is 2.80. The van der Waals surface area contributed by atoms with E-state index >= 15 is 0 Å². The fourth-order valence-corrected chi connectivity index (χ4v) is 2.80. The lowest BCUT2D eigenvalue weighted by atomic mass is 10.2. The van der Waals surface area contributed by atoms with Crippen molar-refractivity contribution >= 4 is 17.4 Å². The van der Waals surface area contributed by atoms with Crippen LogP contribution in [0.1, 0.15) is 23.8 Å². The molecule has 2 heterocycles. The van der Waals surface area contributed by atoms with Gasteiger partial charge < -0.3 is 15.1 Å². The molecule has 1 fully saturated rings. The SMILES string of the molecule is CCCNc1cnc(C(=O)N2CCN(c3ccccc3F)CC2)cn1. The van der Waals surface area contributed by atoms with Gasteiger partial charge in [0.05, 0.1) is 18.1 Å². The van der Waals surface area contributed by atoms with E-state index in [-0.39, 0.29) is 11.7 Å². The van der Waals surface area contributed by atoms with Crippen molar-refractivity contribution in [3.63, 3.8) is 0 Å². The van der Waals surface area contributed by atoms with Gasteiger partial charge in [0.25, 0.3) is 5.91 Å². The normalized spacial score (nSPS) is 14.5. The van der Waals surface area contributed by atoms with Crippen LogP contribution in [-0.2, 0) is 0 Å². The smallest absolute Gasteiger partial charge is 0.274 e. The minimum atomic E-state index is -0.233. The maximum atomic E-state index is 13.9. The predicted molar refractivity (Wildman–Crippen MR) is 95.3 cm³/mol. The van der Waals surface area contributed by atoms with Gasteiger partial charge in [-0.2, -0.15) is 0 Å². The first-order valence-electron chi connectivity index (χ1n) is 8.53. The van der Waals surface area contributed by atoms with Crippen molar-refractivity contribution in [1.29, 1.82) is 0 Å². The second-order valence-electron chi connectivity index (χ2n) is 5.94. The number of nitrogens with one attached hydrogen (secondary N) is 1. The summed E-state index contributed by atoms with van der Waals surface area (Å²) in [6.07, 6.45) is 4.08. The van der Waals surface area contributed by atoms with E-state index in [1.807, 2.05) is 11.0 Å². The van der Waals surface area contributed by atoms with Gasteiger partial charge in [0.1, 0.15) is 17.3 Å². The molecule has 1 aromatic heterocycles. The Kier molecular flexibility index (Phi) is 5.42. The molecule has 6 nitrogen and oxygen atoms in total. The third-order valence-electron chi connectivity index (χ3n) is 4.19. The Morgan fingerprint density at radius 3 is 2.56 bits per heavy atom. The van der Waals surface area contributed by atoms with Crippen molar-refractivity contribution in [3.05, 3.63) is 48.2 Å². The van der Waals surface area contributed by atoms with E-state index in [4.69, 9.17) is 0 Å². The van der Waals surface area contributed by atoms with Crippen LogP contribution >= 0.6 is 0 Å². The molecule has 3 rings (SSSR count). The van der Waals surface area contributed by atoms with E-state index in [0.717, 1.165) is 13.0 Å². The number of amides is 1. The van der Waals surface area contributed by atoms with Crippen LogP contribution in [0, 0.1) is 5.82 Å². The Morgan fingerprint density at radius 1 is 1.16 bits per heavy atom. The maximum Gasteiger partial charge on any atom is 0.274 e. The Morgan fingerprint density at radius 2 is 1.92 bits per heavy atom. The number of carbonyl (C=O) groups excluding carboxylic acids is 1. The second-order valence-corrected chi connectivity index (χ2v) is 5.94. The zero-order chi connectivity index (χ0) is 17.6. The summed E-state index contributed by atoms with van der Waals surface area (Å²) in [5.74, 6) is 0.300. The molecule has 0 spiro atoms. The lowest BCUT2D eigenvalue weighted by Crippen LogP contribution is -2.49. The van der Waals surface area contributed by atoms with Crippen LogP contribution in [0.4, 0.5) is 15.9 Å². The van der Waals surface area contributed by atoms with Gasteiger partial charge in [-0.1, -0.05) is 19.1 Å². The average Bonchev–Trinajstić information content (AvgIpc) is 2.67. The number of hydrogen-bond acceptors (Lipinski definition) is 5. The van der Waals surface area contributed by atoms with Crippen molar-refractivity contribution in [3.8, 4) is 0 Å². The van der Waals surface area contributed by atoms with Crippen molar-refractivity contribution in [2.24, 2.45) is 0 Å². The molecule has 2 aromatic rings. The molecule has 0 bridgehead atoms. The summed E-state index contributed by atoms with van der Waals surface area (Å²) in [7, 11) is 0. The Bertz CT molecular complexity index is 714. The van der Waals surface area contributed by atoms with Gasteiger partial charge in [0.2, 0.25) is 0 Å². The van der Waals surface area contributed by atoms with Crippen molar-refractivity contribution in [2.45, 2.75) is 13.3 Å². The molecule has 132 valence electrons. The number of carbonyl (C=O) groups is 1. The Balaban J connectivity index is 1.59. The maximum absolute atomic E-state index is 13.9. The molecular formula is C18H22FN5O. The summed E-state index contributed by atoms with van der Waals surface area (Å²) in [6.45, 7) is 5.14. The van der Waals surface area contributed by atoms with Gasteiger partial charge in [0, 0.05) is 32.7 Å². The van der Waals surface area contributed by atoms with E-state index in [1.165, 1.54) is 12.3 Å². The number of piperazine rings is 1. The van der Waals surface area contributed by atoms with Gasteiger partial charge in [-0.05, 0) is 18.6 Å². The predicted octanol–water partition coefficient (Wildman–Crippen LogP) is 2.40. The summed E-state index contributed by atoms with van der Waals surface area (Å²) in [5.41, 5.74) is 0.919. The third-order valence-corrected chi connectivity index (χ3v) is 4.19. The first-order chi connectivity index (χ1) is 12.2. The Labute approximate surface area is 146 Å². The van der Waals surface area contributed by atoms with E-state index in [1.54, 1.807) is 23.2 Å². The minimum absolute atomic E-state index is 0.136. The van der Waals surface area contributed by atoms with Crippen LogP contribution in [0.15, 0.2) is 36.7 Å². The largest absolute Gasteiger partial charge is 0.369 e. The first kappa shape index (κ1) is 17.1. The molecular weight excluding hydrogens is 321 g/mol. The number of hydrogen-bond donors (Lipinski definition) is 1. The molecule has 7 heteroatoms. The molecule has 1 N–H and O–H groups in total. The van der Waals surface area contributed by atoms with Gasteiger partial charge in [-0.15, -0.1) is 0 Å². The average molecular weight is 343 g/mol. The summed E-state index contributed by atoms with van der Waals surface area (Å²) in [5, 5.41) is 3.13. The highest BCUT2D eigenvalue weighted by molar-refractivity contribution is 5.92. The minimum Gasteiger partial charge on any atom is -0.369 e. The van der Waals surface area contributed by atoms with Crippen LogP contribution < -0.4 is 10.2 Å². The molecule has 0 saturated carbocycles. The van der Waals surface area contributed by atoms with Crippen LogP contribution in [-0.4, -0.2) is 53.5 Å². The molecule has 0 atom stereocenters. The molecule has 0 radical (unpaired) electrons. The van der Waals surface area contributed by atoms with Gasteiger partial charge in [-0.3, -0.25) is 4.79 Å². The molecule has 1 saturated heterocycles. The molecule has 1 aliphatic rings. The topological polar surface area (TPSA) is 61.4 Å². The lowest BCUT2D eigenvalue weighted by Gasteiger charge is -2.36. The van der Waals surface area contributed by atoms with E-state index in [0.29, 0.717) is 43.4 Å². The summed E-state index contributed by atoms with van der Waals surface area (Å²) >= 11 is 0. The monoisotopic (exact) mass is 343 g/mol. The zero-order valence-corrected chi connectivity index (χ0v) is 14.3. The number of benzene rings is 1. The van der Waals surface area contributed by atoms with Gasteiger partial charge in [0.15, 0.2) is 0 Å².